The van der Waals surface area contributed by atoms with Crippen molar-refractivity contribution in [2.75, 3.05) is 0 Å². The standard InChI is InChI=1S/C9H19N2O2P/c1-7(2)11(8(3)4)14(12)13-9(5)6-10/h7-9,12H,1-5H3. The molecule has 0 aliphatic rings. The van der Waals surface area contributed by atoms with Gasteiger partial charge in [0.1, 0.15) is 6.10 Å². The van der Waals surface area contributed by atoms with Crippen LogP contribution in [0.25, 0.3) is 0 Å². The van der Waals surface area contributed by atoms with Gasteiger partial charge >= 0.3 is 0 Å². The summed E-state index contributed by atoms with van der Waals surface area (Å²) in [5, 5.41) is 8.55. The van der Waals surface area contributed by atoms with E-state index in [9.17, 15) is 4.89 Å². The lowest BCUT2D eigenvalue weighted by molar-refractivity contribution is 0.194. The van der Waals surface area contributed by atoms with Gasteiger partial charge in [-0.05, 0) is 34.6 Å². The fraction of sp³-hybridized carbons (Fsp3) is 0.889. The first-order valence-corrected chi connectivity index (χ1v) is 5.90. The van der Waals surface area contributed by atoms with Crippen molar-refractivity contribution in [1.29, 1.82) is 5.26 Å². The summed E-state index contributed by atoms with van der Waals surface area (Å²) < 4.78 is 7.03. The van der Waals surface area contributed by atoms with Gasteiger partial charge in [-0.3, -0.25) is 0 Å². The van der Waals surface area contributed by atoms with E-state index in [1.165, 1.54) is 0 Å². The fourth-order valence-corrected chi connectivity index (χ4v) is 2.44. The third kappa shape index (κ3) is 4.34. The molecule has 0 aliphatic heterocycles. The predicted octanol–water partition coefficient (Wildman–Crippen LogP) is 2.25. The van der Waals surface area contributed by atoms with Crippen molar-refractivity contribution < 1.29 is 9.42 Å². The average Bonchev–Trinajstić information content (AvgIpc) is 2.02. The highest BCUT2D eigenvalue weighted by Crippen LogP contribution is 2.41. The molecule has 0 spiro atoms. The summed E-state index contributed by atoms with van der Waals surface area (Å²) in [5.41, 5.74) is 0. The van der Waals surface area contributed by atoms with Gasteiger partial charge in [0, 0.05) is 12.1 Å². The second-order valence-corrected chi connectivity index (χ2v) is 4.88. The van der Waals surface area contributed by atoms with Gasteiger partial charge in [0.25, 0.3) is 8.53 Å². The Bertz CT molecular complexity index is 195. The van der Waals surface area contributed by atoms with Crippen molar-refractivity contribution in [1.82, 2.24) is 4.67 Å². The predicted molar refractivity (Wildman–Crippen MR) is 57.4 cm³/mol. The fourth-order valence-electron chi connectivity index (χ4n) is 1.21. The molecule has 0 saturated heterocycles. The molecule has 0 saturated carbocycles. The molecule has 14 heavy (non-hydrogen) atoms. The molecule has 82 valence electrons. The van der Waals surface area contributed by atoms with Crippen LogP contribution in [0.1, 0.15) is 34.6 Å². The van der Waals surface area contributed by atoms with Gasteiger partial charge in [0.05, 0.1) is 6.07 Å². The zero-order valence-corrected chi connectivity index (χ0v) is 10.3. The normalized spacial score (nSPS) is 16.0. The monoisotopic (exact) mass is 218 g/mol. The molecule has 2 unspecified atom stereocenters. The molecule has 0 amide bonds. The van der Waals surface area contributed by atoms with E-state index in [0.717, 1.165) is 0 Å². The van der Waals surface area contributed by atoms with Crippen LogP contribution in [0.3, 0.4) is 0 Å². The van der Waals surface area contributed by atoms with Crippen molar-refractivity contribution >= 4 is 8.53 Å². The Morgan fingerprint density at radius 3 is 1.93 bits per heavy atom. The first kappa shape index (κ1) is 13.8. The Morgan fingerprint density at radius 2 is 1.64 bits per heavy atom. The lowest BCUT2D eigenvalue weighted by atomic mass is 10.3. The van der Waals surface area contributed by atoms with E-state index in [4.69, 9.17) is 9.79 Å². The molecule has 0 heterocycles. The minimum absolute atomic E-state index is 0.206. The van der Waals surface area contributed by atoms with E-state index < -0.39 is 14.6 Å². The van der Waals surface area contributed by atoms with Gasteiger partial charge in [0.2, 0.25) is 0 Å². The highest BCUT2D eigenvalue weighted by molar-refractivity contribution is 7.43. The molecule has 0 fully saturated rings. The topological polar surface area (TPSA) is 56.5 Å². The second-order valence-electron chi connectivity index (χ2n) is 3.70. The Hall–Kier alpha value is -0.200. The minimum atomic E-state index is -1.66. The summed E-state index contributed by atoms with van der Waals surface area (Å²) in [5.74, 6) is 0. The molecule has 2 atom stereocenters. The maximum atomic E-state index is 9.77. The van der Waals surface area contributed by atoms with E-state index in [0.29, 0.717) is 0 Å². The lowest BCUT2D eigenvalue weighted by Crippen LogP contribution is -2.33. The quantitative estimate of drug-likeness (QED) is 0.719. The van der Waals surface area contributed by atoms with E-state index >= 15 is 0 Å². The minimum Gasteiger partial charge on any atom is -0.338 e. The van der Waals surface area contributed by atoms with Crippen molar-refractivity contribution in [3.05, 3.63) is 0 Å². The molecule has 1 N–H and O–H groups in total. The van der Waals surface area contributed by atoms with Gasteiger partial charge in [-0.2, -0.15) is 5.26 Å². The van der Waals surface area contributed by atoms with E-state index in [2.05, 4.69) is 0 Å². The molecular weight excluding hydrogens is 199 g/mol. The molecule has 0 bridgehead atoms. The Morgan fingerprint density at radius 1 is 1.21 bits per heavy atom. The Labute approximate surface area is 87.4 Å². The largest absolute Gasteiger partial charge is 0.338 e. The van der Waals surface area contributed by atoms with Crippen LogP contribution in [-0.4, -0.2) is 27.8 Å². The maximum absolute atomic E-state index is 9.77. The van der Waals surface area contributed by atoms with E-state index in [1.54, 1.807) is 6.92 Å². The summed E-state index contributed by atoms with van der Waals surface area (Å²) in [7, 11) is -1.66. The van der Waals surface area contributed by atoms with Crippen LogP contribution >= 0.6 is 8.53 Å². The van der Waals surface area contributed by atoms with Crippen LogP contribution in [0.2, 0.25) is 0 Å². The summed E-state index contributed by atoms with van der Waals surface area (Å²) in [6.45, 7) is 9.60. The van der Waals surface area contributed by atoms with Crippen LogP contribution in [0, 0.1) is 11.3 Å². The smallest absolute Gasteiger partial charge is 0.257 e. The van der Waals surface area contributed by atoms with Crippen molar-refractivity contribution in [3.8, 4) is 6.07 Å². The van der Waals surface area contributed by atoms with E-state index in [1.807, 2.05) is 38.4 Å². The molecule has 0 aliphatic carbocycles. The molecule has 0 aromatic rings. The number of hydrogen-bond acceptors (Lipinski definition) is 4. The summed E-state index contributed by atoms with van der Waals surface area (Å²) in [4.78, 5) is 9.77. The Kier molecular flexibility index (Phi) is 6.22. The summed E-state index contributed by atoms with van der Waals surface area (Å²) in [6, 6.07) is 2.35. The van der Waals surface area contributed by atoms with Gasteiger partial charge in [-0.15, -0.1) is 0 Å². The molecule has 0 aromatic carbocycles. The number of nitriles is 1. The summed E-state index contributed by atoms with van der Waals surface area (Å²) >= 11 is 0. The van der Waals surface area contributed by atoms with Gasteiger partial charge in [0.15, 0.2) is 0 Å². The SMILES string of the molecule is CC(C#N)OP(O)N(C(C)C)C(C)C. The highest BCUT2D eigenvalue weighted by atomic mass is 31.2. The third-order valence-corrected chi connectivity index (χ3v) is 3.51. The van der Waals surface area contributed by atoms with Crippen LogP contribution in [-0.2, 0) is 4.52 Å². The van der Waals surface area contributed by atoms with Crippen molar-refractivity contribution in [2.24, 2.45) is 0 Å². The molecule has 0 aromatic heterocycles. The zero-order valence-electron chi connectivity index (χ0n) is 9.43. The molecular formula is C9H19N2O2P. The molecule has 5 heteroatoms. The van der Waals surface area contributed by atoms with Crippen LogP contribution in [0.4, 0.5) is 0 Å². The van der Waals surface area contributed by atoms with Crippen LogP contribution < -0.4 is 0 Å². The lowest BCUT2D eigenvalue weighted by Gasteiger charge is -2.33. The van der Waals surface area contributed by atoms with E-state index in [-0.39, 0.29) is 12.1 Å². The van der Waals surface area contributed by atoms with Gasteiger partial charge < -0.3 is 9.42 Å². The first-order valence-electron chi connectivity index (χ1n) is 4.73. The summed E-state index contributed by atoms with van der Waals surface area (Å²) in [6.07, 6.45) is -0.564. The maximum Gasteiger partial charge on any atom is 0.257 e. The van der Waals surface area contributed by atoms with Crippen LogP contribution in [0.15, 0.2) is 0 Å². The number of nitrogens with zero attached hydrogens (tertiary/aromatic N) is 2. The van der Waals surface area contributed by atoms with Crippen LogP contribution in [0.5, 0.6) is 0 Å². The molecule has 4 nitrogen and oxygen atoms in total. The van der Waals surface area contributed by atoms with Crippen molar-refractivity contribution in [3.63, 3.8) is 0 Å². The molecule has 0 rings (SSSR count). The van der Waals surface area contributed by atoms with Crippen molar-refractivity contribution in [2.45, 2.75) is 52.8 Å². The zero-order chi connectivity index (χ0) is 11.3. The highest BCUT2D eigenvalue weighted by Gasteiger charge is 2.25. The third-order valence-electron chi connectivity index (χ3n) is 1.69. The first-order chi connectivity index (χ1) is 6.40. The molecule has 0 radical (unpaired) electrons. The second kappa shape index (κ2) is 6.31. The Balaban J connectivity index is 4.31. The van der Waals surface area contributed by atoms with Gasteiger partial charge in [-0.25, -0.2) is 4.67 Å². The van der Waals surface area contributed by atoms with Gasteiger partial charge in [-0.1, -0.05) is 0 Å². The average molecular weight is 218 g/mol. The number of hydrogen-bond donors (Lipinski definition) is 1. The number of rotatable bonds is 5.